The number of aryl methyl sites for hydroxylation is 1. The molecule has 1 aromatic heterocycles. The lowest BCUT2D eigenvalue weighted by Crippen LogP contribution is -2.25. The van der Waals surface area contributed by atoms with Gasteiger partial charge in [-0.15, -0.1) is 0 Å². The van der Waals surface area contributed by atoms with Crippen molar-refractivity contribution in [1.82, 2.24) is 15.3 Å². The summed E-state index contributed by atoms with van der Waals surface area (Å²) in [5.41, 5.74) is 3.59. The minimum Gasteiger partial charge on any atom is -0.347 e. The Labute approximate surface area is 153 Å². The smallest absolute Gasteiger partial charge is 0.271 e. The summed E-state index contributed by atoms with van der Waals surface area (Å²) in [4.78, 5) is 23.1. The van der Waals surface area contributed by atoms with Crippen LogP contribution in [0, 0.1) is 6.92 Å². The van der Waals surface area contributed by atoms with Crippen molar-refractivity contribution in [2.75, 3.05) is 11.4 Å². The van der Waals surface area contributed by atoms with E-state index in [2.05, 4.69) is 22.2 Å². The van der Waals surface area contributed by atoms with Crippen molar-refractivity contribution in [3.63, 3.8) is 0 Å². The van der Waals surface area contributed by atoms with Crippen molar-refractivity contribution < 1.29 is 4.79 Å². The summed E-state index contributed by atoms with van der Waals surface area (Å²) in [7, 11) is 0. The molecule has 26 heavy (non-hydrogen) atoms. The Hall–Kier alpha value is -3.21. The molecule has 1 N–H and O–H groups in total. The molecule has 3 aromatic rings. The summed E-state index contributed by atoms with van der Waals surface area (Å²) < 4.78 is 0. The van der Waals surface area contributed by atoms with Crippen LogP contribution in [0.5, 0.6) is 0 Å². The largest absolute Gasteiger partial charge is 0.347 e. The molecule has 1 amide bonds. The van der Waals surface area contributed by atoms with E-state index in [1.165, 1.54) is 6.20 Å². The van der Waals surface area contributed by atoms with Gasteiger partial charge in [-0.05, 0) is 37.1 Å². The van der Waals surface area contributed by atoms with E-state index in [0.717, 1.165) is 23.4 Å². The first kappa shape index (κ1) is 17.6. The topological polar surface area (TPSA) is 58.1 Å². The standard InChI is InChI=1S/C21H22N4O/c1-3-25(18-11-5-4-6-12-18)20-15-22-19(14-23-20)21(26)24-13-17-10-8-7-9-16(17)2/h4-12,14-15H,3,13H2,1-2H3,(H,24,26). The zero-order valence-corrected chi connectivity index (χ0v) is 15.0. The molecule has 3 rings (SSSR count). The van der Waals surface area contributed by atoms with Gasteiger partial charge in [0, 0.05) is 18.8 Å². The Morgan fingerprint density at radius 3 is 2.38 bits per heavy atom. The second-order valence-corrected chi connectivity index (χ2v) is 5.95. The highest BCUT2D eigenvalue weighted by atomic mass is 16.1. The van der Waals surface area contributed by atoms with Gasteiger partial charge >= 0.3 is 0 Å². The van der Waals surface area contributed by atoms with Crippen molar-refractivity contribution in [2.45, 2.75) is 20.4 Å². The van der Waals surface area contributed by atoms with Crippen LogP contribution in [-0.2, 0) is 6.54 Å². The highest BCUT2D eigenvalue weighted by Gasteiger charge is 2.12. The second kappa shape index (κ2) is 8.25. The lowest BCUT2D eigenvalue weighted by molar-refractivity contribution is 0.0945. The van der Waals surface area contributed by atoms with E-state index in [0.29, 0.717) is 18.1 Å². The van der Waals surface area contributed by atoms with Crippen molar-refractivity contribution in [3.8, 4) is 0 Å². The number of amides is 1. The maximum Gasteiger partial charge on any atom is 0.271 e. The van der Waals surface area contributed by atoms with E-state index in [1.54, 1.807) is 6.20 Å². The van der Waals surface area contributed by atoms with Crippen molar-refractivity contribution in [3.05, 3.63) is 83.8 Å². The molecule has 5 heteroatoms. The van der Waals surface area contributed by atoms with E-state index in [-0.39, 0.29) is 5.91 Å². The Morgan fingerprint density at radius 1 is 1.00 bits per heavy atom. The van der Waals surface area contributed by atoms with Gasteiger partial charge in [-0.2, -0.15) is 0 Å². The maximum atomic E-state index is 12.3. The number of nitrogens with one attached hydrogen (secondary N) is 1. The number of aromatic nitrogens is 2. The number of hydrogen-bond donors (Lipinski definition) is 1. The van der Waals surface area contributed by atoms with Gasteiger partial charge in [-0.1, -0.05) is 42.5 Å². The van der Waals surface area contributed by atoms with Crippen LogP contribution in [0.3, 0.4) is 0 Å². The average Bonchev–Trinajstić information content (AvgIpc) is 2.69. The highest BCUT2D eigenvalue weighted by molar-refractivity contribution is 5.92. The third-order valence-electron chi connectivity index (χ3n) is 4.23. The van der Waals surface area contributed by atoms with Crippen LogP contribution in [-0.4, -0.2) is 22.4 Å². The van der Waals surface area contributed by atoms with Crippen LogP contribution >= 0.6 is 0 Å². The van der Waals surface area contributed by atoms with Crippen LogP contribution in [0.2, 0.25) is 0 Å². The number of carbonyl (C=O) groups is 1. The molecule has 0 bridgehead atoms. The molecule has 0 aliphatic rings. The first-order chi connectivity index (χ1) is 12.7. The lowest BCUT2D eigenvalue weighted by atomic mass is 10.1. The number of hydrogen-bond acceptors (Lipinski definition) is 4. The maximum absolute atomic E-state index is 12.3. The van der Waals surface area contributed by atoms with Crippen molar-refractivity contribution in [1.29, 1.82) is 0 Å². The Bertz CT molecular complexity index is 863. The number of para-hydroxylation sites is 1. The Morgan fingerprint density at radius 2 is 1.73 bits per heavy atom. The molecule has 0 fully saturated rings. The van der Waals surface area contributed by atoms with Crippen molar-refractivity contribution in [2.24, 2.45) is 0 Å². The number of nitrogens with zero attached hydrogens (tertiary/aromatic N) is 3. The summed E-state index contributed by atoms with van der Waals surface area (Å²) >= 11 is 0. The van der Waals surface area contributed by atoms with Crippen LogP contribution in [0.4, 0.5) is 11.5 Å². The fourth-order valence-electron chi connectivity index (χ4n) is 2.74. The first-order valence-electron chi connectivity index (χ1n) is 8.66. The first-order valence-corrected chi connectivity index (χ1v) is 8.66. The van der Waals surface area contributed by atoms with Gasteiger partial charge in [-0.3, -0.25) is 4.79 Å². The van der Waals surface area contributed by atoms with Crippen LogP contribution in [0.15, 0.2) is 67.0 Å². The van der Waals surface area contributed by atoms with Gasteiger partial charge in [-0.25, -0.2) is 9.97 Å². The molecule has 0 aliphatic heterocycles. The number of benzene rings is 2. The zero-order chi connectivity index (χ0) is 18.4. The molecule has 0 atom stereocenters. The van der Waals surface area contributed by atoms with Crippen molar-refractivity contribution >= 4 is 17.4 Å². The Kier molecular flexibility index (Phi) is 5.59. The normalized spacial score (nSPS) is 10.4. The van der Waals surface area contributed by atoms with Gasteiger partial charge in [0.2, 0.25) is 0 Å². The molecule has 132 valence electrons. The fraction of sp³-hybridized carbons (Fsp3) is 0.190. The number of rotatable bonds is 6. The van der Waals surface area contributed by atoms with Crippen LogP contribution in [0.1, 0.15) is 28.5 Å². The van der Waals surface area contributed by atoms with E-state index >= 15 is 0 Å². The molecule has 0 saturated heterocycles. The third kappa shape index (κ3) is 4.06. The molecule has 0 unspecified atom stereocenters. The van der Waals surface area contributed by atoms with Crippen LogP contribution in [0.25, 0.3) is 0 Å². The molecule has 0 radical (unpaired) electrons. The predicted molar refractivity (Wildman–Crippen MR) is 104 cm³/mol. The molecule has 0 aliphatic carbocycles. The van der Waals surface area contributed by atoms with Gasteiger partial charge in [0.05, 0.1) is 12.4 Å². The van der Waals surface area contributed by atoms with E-state index in [9.17, 15) is 4.79 Å². The Balaban J connectivity index is 1.68. The average molecular weight is 346 g/mol. The van der Waals surface area contributed by atoms with Gasteiger partial charge < -0.3 is 10.2 Å². The molecule has 0 spiro atoms. The van der Waals surface area contributed by atoms with E-state index < -0.39 is 0 Å². The summed E-state index contributed by atoms with van der Waals surface area (Å²) in [6.45, 7) is 5.31. The van der Waals surface area contributed by atoms with E-state index in [1.807, 2.05) is 66.4 Å². The minimum absolute atomic E-state index is 0.227. The fourth-order valence-corrected chi connectivity index (χ4v) is 2.74. The monoisotopic (exact) mass is 346 g/mol. The summed E-state index contributed by atoms with van der Waals surface area (Å²) in [5, 5.41) is 2.90. The molecule has 2 aromatic carbocycles. The highest BCUT2D eigenvalue weighted by Crippen LogP contribution is 2.21. The molecular formula is C21H22N4O. The number of anilines is 2. The summed E-state index contributed by atoms with van der Waals surface area (Å²) in [6, 6.07) is 18.0. The SMILES string of the molecule is CCN(c1ccccc1)c1cnc(C(=O)NCc2ccccc2C)cn1. The summed E-state index contributed by atoms with van der Waals surface area (Å²) in [6.07, 6.45) is 3.16. The molecule has 5 nitrogen and oxygen atoms in total. The predicted octanol–water partition coefficient (Wildman–Crippen LogP) is 3.87. The molecular weight excluding hydrogens is 324 g/mol. The van der Waals surface area contributed by atoms with Gasteiger partial charge in [0.15, 0.2) is 5.82 Å². The number of carbonyl (C=O) groups excluding carboxylic acids is 1. The summed E-state index contributed by atoms with van der Waals surface area (Å²) in [5.74, 6) is 0.490. The zero-order valence-electron chi connectivity index (χ0n) is 15.0. The third-order valence-corrected chi connectivity index (χ3v) is 4.23. The molecule has 0 saturated carbocycles. The molecule has 1 heterocycles. The van der Waals surface area contributed by atoms with Gasteiger partial charge in [0.25, 0.3) is 5.91 Å². The van der Waals surface area contributed by atoms with Gasteiger partial charge in [0.1, 0.15) is 5.69 Å². The van der Waals surface area contributed by atoms with Crippen LogP contribution < -0.4 is 10.2 Å². The van der Waals surface area contributed by atoms with E-state index in [4.69, 9.17) is 0 Å². The second-order valence-electron chi connectivity index (χ2n) is 5.95. The lowest BCUT2D eigenvalue weighted by Gasteiger charge is -2.21. The minimum atomic E-state index is -0.227. The quantitative estimate of drug-likeness (QED) is 0.736.